The summed E-state index contributed by atoms with van der Waals surface area (Å²) in [6, 6.07) is 2.70. The van der Waals surface area contributed by atoms with E-state index in [0.29, 0.717) is 19.3 Å². The first-order valence-corrected chi connectivity index (χ1v) is 7.38. The summed E-state index contributed by atoms with van der Waals surface area (Å²) >= 11 is 0. The molecule has 2 aliphatic rings. The molecule has 3 nitrogen and oxygen atoms in total. The normalized spacial score (nSPS) is 22.3. The van der Waals surface area contributed by atoms with Gasteiger partial charge in [-0.05, 0) is 56.8 Å². The number of nitrogens with one attached hydrogen (secondary N) is 1. The fourth-order valence-electron chi connectivity index (χ4n) is 3.08. The molecule has 0 amide bonds. The number of rotatable bonds is 2. The van der Waals surface area contributed by atoms with E-state index in [1.807, 2.05) is 0 Å². The molecule has 1 fully saturated rings. The van der Waals surface area contributed by atoms with Crippen LogP contribution in [0.3, 0.4) is 0 Å². The zero-order valence-corrected chi connectivity index (χ0v) is 11.9. The summed E-state index contributed by atoms with van der Waals surface area (Å²) in [5.74, 6) is 1.92. The van der Waals surface area contributed by atoms with Crippen LogP contribution in [0.2, 0.25) is 0 Å². The van der Waals surface area contributed by atoms with Crippen molar-refractivity contribution in [1.29, 1.82) is 0 Å². The summed E-state index contributed by atoms with van der Waals surface area (Å²) in [7, 11) is 0. The average Bonchev–Trinajstić information content (AvgIpc) is 2.45. The van der Waals surface area contributed by atoms with Gasteiger partial charge in [0.15, 0.2) is 11.5 Å². The van der Waals surface area contributed by atoms with Gasteiger partial charge in [-0.15, -0.1) is 0 Å². The third-order valence-electron chi connectivity index (χ3n) is 4.34. The summed E-state index contributed by atoms with van der Waals surface area (Å²) in [6.07, 6.45) is 4.96. The van der Waals surface area contributed by atoms with Crippen molar-refractivity contribution in [2.75, 3.05) is 19.8 Å². The lowest BCUT2D eigenvalue weighted by Crippen LogP contribution is -2.36. The van der Waals surface area contributed by atoms with Crippen LogP contribution in [0.25, 0.3) is 0 Å². The standard InChI is InChI=1S/C16H23NO2/c1-11-9-15-16(19-8-7-18-15)14(12(11)2)10-13-5-3-4-6-17-13/h9,13,17H,3-8,10H2,1-2H3. The Kier molecular flexibility index (Phi) is 3.65. The van der Waals surface area contributed by atoms with E-state index in [2.05, 4.69) is 25.2 Å². The van der Waals surface area contributed by atoms with E-state index >= 15 is 0 Å². The molecule has 19 heavy (non-hydrogen) atoms. The van der Waals surface area contributed by atoms with Gasteiger partial charge >= 0.3 is 0 Å². The van der Waals surface area contributed by atoms with E-state index in [1.165, 1.54) is 36.0 Å². The average molecular weight is 261 g/mol. The Labute approximate surface area is 115 Å². The van der Waals surface area contributed by atoms with Crippen LogP contribution >= 0.6 is 0 Å². The molecular formula is C16H23NO2. The predicted molar refractivity (Wildman–Crippen MR) is 76.3 cm³/mol. The third-order valence-corrected chi connectivity index (χ3v) is 4.34. The van der Waals surface area contributed by atoms with Crippen LogP contribution in [0.4, 0.5) is 0 Å². The molecule has 0 saturated carbocycles. The van der Waals surface area contributed by atoms with Crippen molar-refractivity contribution in [2.45, 2.75) is 45.6 Å². The lowest BCUT2D eigenvalue weighted by Gasteiger charge is -2.28. The van der Waals surface area contributed by atoms with Gasteiger partial charge in [0.1, 0.15) is 13.2 Å². The summed E-state index contributed by atoms with van der Waals surface area (Å²) in [5.41, 5.74) is 4.00. The highest BCUT2D eigenvalue weighted by Crippen LogP contribution is 2.38. The molecule has 0 aromatic heterocycles. The Balaban J connectivity index is 1.91. The van der Waals surface area contributed by atoms with E-state index in [9.17, 15) is 0 Å². The zero-order valence-electron chi connectivity index (χ0n) is 11.9. The summed E-state index contributed by atoms with van der Waals surface area (Å²) in [6.45, 7) is 6.84. The first-order chi connectivity index (χ1) is 9.25. The molecule has 1 atom stereocenters. The lowest BCUT2D eigenvalue weighted by molar-refractivity contribution is 0.169. The number of hydrogen-bond acceptors (Lipinski definition) is 3. The topological polar surface area (TPSA) is 30.5 Å². The minimum atomic E-state index is 0.587. The predicted octanol–water partition coefficient (Wildman–Crippen LogP) is 2.76. The summed E-state index contributed by atoms with van der Waals surface area (Å²) in [5, 5.41) is 3.62. The quantitative estimate of drug-likeness (QED) is 0.888. The van der Waals surface area contributed by atoms with Gasteiger partial charge in [-0.25, -0.2) is 0 Å². The Morgan fingerprint density at radius 2 is 2.05 bits per heavy atom. The first-order valence-electron chi connectivity index (χ1n) is 7.38. The Morgan fingerprint density at radius 3 is 2.84 bits per heavy atom. The molecule has 2 heterocycles. The molecule has 2 aliphatic heterocycles. The van der Waals surface area contributed by atoms with E-state index in [-0.39, 0.29) is 0 Å². The molecule has 1 aromatic carbocycles. The molecule has 1 unspecified atom stereocenters. The lowest BCUT2D eigenvalue weighted by atomic mass is 9.92. The molecular weight excluding hydrogens is 238 g/mol. The van der Waals surface area contributed by atoms with Crippen LogP contribution in [0.1, 0.15) is 36.0 Å². The maximum atomic E-state index is 5.88. The minimum Gasteiger partial charge on any atom is -0.486 e. The maximum absolute atomic E-state index is 5.88. The second kappa shape index (κ2) is 5.41. The number of hydrogen-bond donors (Lipinski definition) is 1. The fourth-order valence-corrected chi connectivity index (χ4v) is 3.08. The van der Waals surface area contributed by atoms with Gasteiger partial charge in [-0.1, -0.05) is 6.42 Å². The summed E-state index contributed by atoms with van der Waals surface area (Å²) in [4.78, 5) is 0. The Morgan fingerprint density at radius 1 is 1.21 bits per heavy atom. The van der Waals surface area contributed by atoms with Crippen molar-refractivity contribution in [3.63, 3.8) is 0 Å². The van der Waals surface area contributed by atoms with Crippen LogP contribution in [-0.2, 0) is 6.42 Å². The zero-order chi connectivity index (χ0) is 13.2. The number of ether oxygens (including phenoxy) is 2. The third kappa shape index (κ3) is 2.57. The highest BCUT2D eigenvalue weighted by molar-refractivity contribution is 5.54. The first kappa shape index (κ1) is 12.8. The van der Waals surface area contributed by atoms with Gasteiger partial charge in [0.25, 0.3) is 0 Å². The fraction of sp³-hybridized carbons (Fsp3) is 0.625. The van der Waals surface area contributed by atoms with Crippen molar-refractivity contribution in [2.24, 2.45) is 0 Å². The monoisotopic (exact) mass is 261 g/mol. The molecule has 0 radical (unpaired) electrons. The molecule has 0 spiro atoms. The Bertz CT molecular complexity index is 464. The van der Waals surface area contributed by atoms with Gasteiger partial charge in [0.2, 0.25) is 0 Å². The number of fused-ring (bicyclic) bond motifs is 1. The van der Waals surface area contributed by atoms with E-state index in [0.717, 1.165) is 24.5 Å². The van der Waals surface area contributed by atoms with Crippen molar-refractivity contribution in [1.82, 2.24) is 5.32 Å². The number of benzene rings is 1. The van der Waals surface area contributed by atoms with E-state index in [1.54, 1.807) is 0 Å². The molecule has 3 heteroatoms. The molecule has 0 bridgehead atoms. The van der Waals surface area contributed by atoms with Crippen molar-refractivity contribution < 1.29 is 9.47 Å². The molecule has 1 N–H and O–H groups in total. The van der Waals surface area contributed by atoms with Crippen LogP contribution < -0.4 is 14.8 Å². The highest BCUT2D eigenvalue weighted by Gasteiger charge is 2.23. The van der Waals surface area contributed by atoms with Crippen molar-refractivity contribution in [3.05, 3.63) is 22.8 Å². The molecule has 0 aliphatic carbocycles. The highest BCUT2D eigenvalue weighted by atomic mass is 16.6. The SMILES string of the molecule is Cc1cc2c(c(CC3CCCCN3)c1C)OCCO2. The van der Waals surface area contributed by atoms with E-state index < -0.39 is 0 Å². The van der Waals surface area contributed by atoms with Gasteiger partial charge in [0.05, 0.1) is 0 Å². The minimum absolute atomic E-state index is 0.587. The second-order valence-corrected chi connectivity index (χ2v) is 5.67. The van der Waals surface area contributed by atoms with Crippen LogP contribution in [-0.4, -0.2) is 25.8 Å². The number of piperidine rings is 1. The maximum Gasteiger partial charge on any atom is 0.164 e. The molecule has 3 rings (SSSR count). The van der Waals surface area contributed by atoms with E-state index in [4.69, 9.17) is 9.47 Å². The largest absolute Gasteiger partial charge is 0.486 e. The Hall–Kier alpha value is -1.22. The van der Waals surface area contributed by atoms with Gasteiger partial charge in [-0.2, -0.15) is 0 Å². The van der Waals surface area contributed by atoms with Crippen LogP contribution in [0, 0.1) is 13.8 Å². The van der Waals surface area contributed by atoms with Crippen LogP contribution in [0.5, 0.6) is 11.5 Å². The summed E-state index contributed by atoms with van der Waals surface area (Å²) < 4.78 is 11.6. The smallest absolute Gasteiger partial charge is 0.164 e. The van der Waals surface area contributed by atoms with Crippen molar-refractivity contribution in [3.8, 4) is 11.5 Å². The molecule has 1 saturated heterocycles. The molecule has 1 aromatic rings. The number of aryl methyl sites for hydroxylation is 1. The van der Waals surface area contributed by atoms with Crippen LogP contribution in [0.15, 0.2) is 6.07 Å². The van der Waals surface area contributed by atoms with Gasteiger partial charge in [0, 0.05) is 11.6 Å². The van der Waals surface area contributed by atoms with Crippen molar-refractivity contribution >= 4 is 0 Å². The van der Waals surface area contributed by atoms with Gasteiger partial charge < -0.3 is 14.8 Å². The van der Waals surface area contributed by atoms with Gasteiger partial charge in [-0.3, -0.25) is 0 Å². The second-order valence-electron chi connectivity index (χ2n) is 5.67. The molecule has 104 valence electrons.